The van der Waals surface area contributed by atoms with Crippen LogP contribution in [0.15, 0.2) is 10.9 Å². The number of aromatic amines is 1. The van der Waals surface area contributed by atoms with Crippen LogP contribution in [0.25, 0.3) is 0 Å². The van der Waals surface area contributed by atoms with E-state index in [1.165, 1.54) is 22.6 Å². The van der Waals surface area contributed by atoms with Crippen molar-refractivity contribution in [3.8, 4) is 0 Å². The minimum absolute atomic E-state index is 0.211. The van der Waals surface area contributed by atoms with E-state index in [1.807, 2.05) is 0 Å². The Morgan fingerprint density at radius 1 is 1.57 bits per heavy atom. The highest BCUT2D eigenvalue weighted by Crippen LogP contribution is 2.21. The van der Waals surface area contributed by atoms with Crippen molar-refractivity contribution in [2.24, 2.45) is 0 Å². The van der Waals surface area contributed by atoms with Crippen LogP contribution in [0.2, 0.25) is 0 Å². The first-order valence-electron chi connectivity index (χ1n) is 3.28. The highest BCUT2D eigenvalue weighted by molar-refractivity contribution is 14.1. The molecule has 5 nitrogen and oxygen atoms in total. The van der Waals surface area contributed by atoms with Crippen molar-refractivity contribution in [2.75, 3.05) is 0 Å². The van der Waals surface area contributed by atoms with Gasteiger partial charge in [0.05, 0.1) is 6.07 Å². The van der Waals surface area contributed by atoms with Gasteiger partial charge in [-0.15, -0.1) is 0 Å². The first kappa shape index (κ1) is 11.0. The van der Waals surface area contributed by atoms with Gasteiger partial charge in [0.2, 0.25) is 5.43 Å². The van der Waals surface area contributed by atoms with E-state index in [9.17, 15) is 23.7 Å². The molecule has 14 heavy (non-hydrogen) atoms. The second kappa shape index (κ2) is 3.98. The molecule has 1 rings (SSSR count). The minimum Gasteiger partial charge on any atom is -0.358 e. The summed E-state index contributed by atoms with van der Waals surface area (Å²) in [6.45, 7) is 0. The lowest BCUT2D eigenvalue weighted by atomic mass is 10.3. The molecule has 0 aromatic carbocycles. The highest BCUT2D eigenvalue weighted by Gasteiger charge is 2.21. The Morgan fingerprint density at radius 2 is 2.14 bits per heavy atom. The molecule has 1 aromatic rings. The molecule has 0 unspecified atom stereocenters. The molecule has 0 aliphatic carbocycles. The normalized spacial score (nSPS) is 10.6. The third-order valence-corrected chi connectivity index (χ3v) is 2.27. The number of hydrogen-bond acceptors (Lipinski definition) is 3. The average Bonchev–Trinajstić information content (AvgIpc) is 2.01. The van der Waals surface area contributed by atoms with Gasteiger partial charge in [-0.25, -0.2) is 13.8 Å². The largest absolute Gasteiger partial charge is 0.358 e. The van der Waals surface area contributed by atoms with E-state index < -0.39 is 28.2 Å². The lowest BCUT2D eigenvalue weighted by Crippen LogP contribution is -2.13. The maximum atomic E-state index is 12.2. The lowest BCUT2D eigenvalue weighted by molar-refractivity contribution is -0.389. The van der Waals surface area contributed by atoms with Gasteiger partial charge >= 0.3 is 5.82 Å². The van der Waals surface area contributed by atoms with Crippen molar-refractivity contribution in [3.05, 3.63) is 35.7 Å². The van der Waals surface area contributed by atoms with Crippen LogP contribution in [-0.2, 0) is 0 Å². The lowest BCUT2D eigenvalue weighted by Gasteiger charge is -2.00. The minimum atomic E-state index is -2.94. The van der Waals surface area contributed by atoms with Gasteiger partial charge in [0.25, 0.3) is 6.43 Å². The first-order chi connectivity index (χ1) is 6.43. The van der Waals surface area contributed by atoms with E-state index in [2.05, 4.69) is 4.98 Å². The van der Waals surface area contributed by atoms with E-state index in [4.69, 9.17) is 0 Å². The van der Waals surface area contributed by atoms with Crippen molar-refractivity contribution in [2.45, 2.75) is 6.43 Å². The van der Waals surface area contributed by atoms with Crippen molar-refractivity contribution < 1.29 is 13.7 Å². The van der Waals surface area contributed by atoms with Crippen LogP contribution in [-0.4, -0.2) is 9.91 Å². The molecule has 1 N–H and O–H groups in total. The fourth-order valence-electron chi connectivity index (χ4n) is 0.828. The monoisotopic (exact) mass is 316 g/mol. The Bertz CT molecular complexity index is 432. The molecule has 8 heteroatoms. The molecular weight excluding hydrogens is 313 g/mol. The molecule has 0 atom stereocenters. The van der Waals surface area contributed by atoms with E-state index in [1.54, 1.807) is 0 Å². The van der Waals surface area contributed by atoms with Crippen LogP contribution in [0.1, 0.15) is 12.0 Å². The topological polar surface area (TPSA) is 76.0 Å². The molecule has 0 spiro atoms. The quantitative estimate of drug-likeness (QED) is 0.391. The third kappa shape index (κ3) is 2.05. The van der Waals surface area contributed by atoms with Gasteiger partial charge in [-0.2, -0.15) is 0 Å². The number of aromatic nitrogens is 1. The Kier molecular flexibility index (Phi) is 3.13. The van der Waals surface area contributed by atoms with Gasteiger partial charge < -0.3 is 10.1 Å². The van der Waals surface area contributed by atoms with Gasteiger partial charge in [0, 0.05) is 22.6 Å². The molecule has 1 aromatic heterocycles. The van der Waals surface area contributed by atoms with Crippen LogP contribution >= 0.6 is 22.6 Å². The van der Waals surface area contributed by atoms with Crippen LogP contribution in [0.5, 0.6) is 0 Å². The zero-order valence-electron chi connectivity index (χ0n) is 6.46. The Balaban J connectivity index is 3.40. The van der Waals surface area contributed by atoms with Crippen LogP contribution in [0.3, 0.4) is 0 Å². The number of nitrogens with one attached hydrogen (secondary N) is 1. The average molecular weight is 316 g/mol. The van der Waals surface area contributed by atoms with E-state index in [0.29, 0.717) is 6.07 Å². The molecule has 0 bridgehead atoms. The maximum absolute atomic E-state index is 12.2. The summed E-state index contributed by atoms with van der Waals surface area (Å²) in [7, 11) is 0. The summed E-state index contributed by atoms with van der Waals surface area (Å²) in [5, 5.41) is 10.2. The maximum Gasteiger partial charge on any atom is 0.325 e. The van der Waals surface area contributed by atoms with Crippen molar-refractivity contribution in [1.82, 2.24) is 4.98 Å². The molecule has 0 aliphatic rings. The van der Waals surface area contributed by atoms with Gasteiger partial charge in [-0.1, -0.05) is 0 Å². The Labute approximate surface area is 89.4 Å². The third-order valence-electron chi connectivity index (χ3n) is 1.42. The van der Waals surface area contributed by atoms with E-state index >= 15 is 0 Å². The molecule has 76 valence electrons. The number of nitrogens with zero attached hydrogens (tertiary/aromatic N) is 1. The smallest absolute Gasteiger partial charge is 0.325 e. The highest BCUT2D eigenvalue weighted by atomic mass is 127. The zero-order chi connectivity index (χ0) is 10.9. The SMILES string of the molecule is O=c1cc([N+](=O)[O-])[nH]c(I)c1C(F)F. The number of rotatable bonds is 2. The van der Waals surface area contributed by atoms with E-state index in [0.717, 1.165) is 0 Å². The number of hydrogen-bond donors (Lipinski definition) is 1. The van der Waals surface area contributed by atoms with Gasteiger partial charge in [-0.3, -0.25) is 4.79 Å². The molecule has 0 aliphatic heterocycles. The molecule has 0 saturated heterocycles. The fraction of sp³-hybridized carbons (Fsp3) is 0.167. The molecule has 0 saturated carbocycles. The van der Waals surface area contributed by atoms with Crippen molar-refractivity contribution >= 4 is 28.4 Å². The molecular formula is C6H3F2IN2O3. The summed E-state index contributed by atoms with van der Waals surface area (Å²) in [4.78, 5) is 22.5. The van der Waals surface area contributed by atoms with Gasteiger partial charge in [-0.05, 0) is 4.92 Å². The number of nitro groups is 1. The number of H-pyrrole nitrogens is 1. The number of halogens is 3. The van der Waals surface area contributed by atoms with Gasteiger partial charge in [0.15, 0.2) is 3.70 Å². The summed E-state index contributed by atoms with van der Waals surface area (Å²) < 4.78 is 24.2. The molecule has 1 heterocycles. The van der Waals surface area contributed by atoms with Crippen LogP contribution in [0.4, 0.5) is 14.6 Å². The molecule has 0 fully saturated rings. The van der Waals surface area contributed by atoms with Gasteiger partial charge in [0.1, 0.15) is 5.56 Å². The zero-order valence-corrected chi connectivity index (χ0v) is 8.62. The predicted octanol–water partition coefficient (Wildman–Crippen LogP) is 1.83. The summed E-state index contributed by atoms with van der Waals surface area (Å²) in [6, 6.07) is 0.545. The standard InChI is InChI=1S/C6H3F2IN2O3/c7-5(8)4-2(12)1-3(11(13)14)10-6(4)9/h1,5H,(H,10,12). The Hall–Kier alpha value is -1.06. The van der Waals surface area contributed by atoms with Crippen LogP contribution in [0, 0.1) is 13.8 Å². The summed E-state index contributed by atoms with van der Waals surface area (Å²) >= 11 is 1.42. The summed E-state index contributed by atoms with van der Waals surface area (Å²) in [5.41, 5.74) is -1.77. The predicted molar refractivity (Wildman–Crippen MR) is 51.4 cm³/mol. The Morgan fingerprint density at radius 3 is 2.50 bits per heavy atom. The first-order valence-corrected chi connectivity index (χ1v) is 4.36. The van der Waals surface area contributed by atoms with E-state index in [-0.39, 0.29) is 3.70 Å². The number of alkyl halides is 2. The van der Waals surface area contributed by atoms with Crippen molar-refractivity contribution in [3.63, 3.8) is 0 Å². The van der Waals surface area contributed by atoms with Crippen molar-refractivity contribution in [1.29, 1.82) is 0 Å². The summed E-state index contributed by atoms with van der Waals surface area (Å²) in [5.74, 6) is -0.594. The molecule has 0 amide bonds. The second-order valence-corrected chi connectivity index (χ2v) is 3.38. The van der Waals surface area contributed by atoms with Crippen LogP contribution < -0.4 is 5.43 Å². The fourth-order valence-corrected chi connectivity index (χ4v) is 1.61. The summed E-state index contributed by atoms with van der Waals surface area (Å²) in [6.07, 6.45) is -2.94. The molecule has 0 radical (unpaired) electrons. The number of pyridine rings is 1. The second-order valence-electron chi connectivity index (χ2n) is 2.30.